The molecular weight excluding hydrogens is 300 g/mol. The van der Waals surface area contributed by atoms with Crippen LogP contribution in [0.5, 0.6) is 5.75 Å². The van der Waals surface area contributed by atoms with Crippen LogP contribution in [0.25, 0.3) is 0 Å². The van der Waals surface area contributed by atoms with Crippen molar-refractivity contribution in [1.82, 2.24) is 9.21 Å². The second-order valence-electron chi connectivity index (χ2n) is 6.32. The summed E-state index contributed by atoms with van der Waals surface area (Å²) in [6.07, 6.45) is 2.29. The fourth-order valence-corrected chi connectivity index (χ4v) is 5.38. The van der Waals surface area contributed by atoms with Gasteiger partial charge in [0.25, 0.3) is 0 Å². The van der Waals surface area contributed by atoms with Crippen LogP contribution in [-0.4, -0.2) is 56.5 Å². The fourth-order valence-electron chi connectivity index (χ4n) is 3.60. The lowest BCUT2D eigenvalue weighted by atomic mass is 10.1. The number of nitrogens with zero attached hydrogens (tertiary/aromatic N) is 2. The number of ether oxygens (including phenoxy) is 1. The highest BCUT2D eigenvalue weighted by molar-refractivity contribution is 7.88. The Hall–Kier alpha value is -1.11. The van der Waals surface area contributed by atoms with Gasteiger partial charge in [0.15, 0.2) is 0 Å². The van der Waals surface area contributed by atoms with Gasteiger partial charge in [-0.15, -0.1) is 0 Å². The van der Waals surface area contributed by atoms with Gasteiger partial charge in [-0.25, -0.2) is 8.42 Å². The third-order valence-corrected chi connectivity index (χ3v) is 6.64. The minimum absolute atomic E-state index is 0.0429. The van der Waals surface area contributed by atoms with E-state index in [1.54, 1.807) is 17.5 Å². The van der Waals surface area contributed by atoms with Gasteiger partial charge < -0.3 is 4.74 Å². The fraction of sp³-hybridized carbons (Fsp3) is 0.625. The number of fused-ring (bicyclic) bond motifs is 1. The first-order valence-corrected chi connectivity index (χ1v) is 9.47. The zero-order valence-corrected chi connectivity index (χ0v) is 14.1. The van der Waals surface area contributed by atoms with E-state index in [1.807, 2.05) is 25.1 Å². The first kappa shape index (κ1) is 15.8. The lowest BCUT2D eigenvalue weighted by Gasteiger charge is -2.41. The SMILES string of the molecule is COc1cccc(CS(=O)(=O)N2C[C@H]3CCCN3C[C@H]2C)c1. The quantitative estimate of drug-likeness (QED) is 0.846. The van der Waals surface area contributed by atoms with Crippen molar-refractivity contribution in [2.24, 2.45) is 0 Å². The molecule has 5 nitrogen and oxygen atoms in total. The maximum atomic E-state index is 12.8. The Kier molecular flexibility index (Phi) is 4.43. The molecule has 0 unspecified atom stereocenters. The van der Waals surface area contributed by atoms with Crippen LogP contribution in [0.15, 0.2) is 24.3 Å². The van der Waals surface area contributed by atoms with Crippen LogP contribution in [0.2, 0.25) is 0 Å². The minimum Gasteiger partial charge on any atom is -0.497 e. The molecule has 0 N–H and O–H groups in total. The highest BCUT2D eigenvalue weighted by Crippen LogP contribution is 2.27. The molecule has 2 heterocycles. The summed E-state index contributed by atoms with van der Waals surface area (Å²) in [5, 5.41) is 0. The van der Waals surface area contributed by atoms with Crippen molar-refractivity contribution >= 4 is 10.0 Å². The molecule has 1 aromatic carbocycles. The van der Waals surface area contributed by atoms with Gasteiger partial charge in [-0.3, -0.25) is 4.90 Å². The van der Waals surface area contributed by atoms with E-state index < -0.39 is 10.0 Å². The number of piperazine rings is 1. The van der Waals surface area contributed by atoms with Crippen LogP contribution in [-0.2, 0) is 15.8 Å². The van der Waals surface area contributed by atoms with Crippen molar-refractivity contribution in [3.05, 3.63) is 29.8 Å². The number of rotatable bonds is 4. The molecule has 2 aliphatic rings. The van der Waals surface area contributed by atoms with Gasteiger partial charge in [0, 0.05) is 25.2 Å². The first-order chi connectivity index (χ1) is 10.5. The molecular formula is C16H24N2O3S. The van der Waals surface area contributed by atoms with E-state index in [2.05, 4.69) is 4.90 Å². The summed E-state index contributed by atoms with van der Waals surface area (Å²) >= 11 is 0. The van der Waals surface area contributed by atoms with Gasteiger partial charge >= 0.3 is 0 Å². The molecule has 0 radical (unpaired) electrons. The second-order valence-corrected chi connectivity index (χ2v) is 8.24. The number of methoxy groups -OCH3 is 1. The number of sulfonamides is 1. The van der Waals surface area contributed by atoms with E-state index in [-0.39, 0.29) is 11.8 Å². The molecule has 3 rings (SSSR count). The highest BCUT2D eigenvalue weighted by Gasteiger charge is 2.39. The van der Waals surface area contributed by atoms with E-state index in [1.165, 1.54) is 6.42 Å². The van der Waals surface area contributed by atoms with Gasteiger partial charge in [-0.05, 0) is 44.0 Å². The largest absolute Gasteiger partial charge is 0.497 e. The summed E-state index contributed by atoms with van der Waals surface area (Å²) in [4.78, 5) is 2.43. The lowest BCUT2D eigenvalue weighted by Crippen LogP contribution is -2.56. The summed E-state index contributed by atoms with van der Waals surface area (Å²) < 4.78 is 32.5. The van der Waals surface area contributed by atoms with E-state index in [9.17, 15) is 8.42 Å². The maximum Gasteiger partial charge on any atom is 0.218 e. The summed E-state index contributed by atoms with van der Waals surface area (Å²) in [6, 6.07) is 7.75. The van der Waals surface area contributed by atoms with Crippen molar-refractivity contribution in [3.63, 3.8) is 0 Å². The van der Waals surface area contributed by atoms with Crippen LogP contribution >= 0.6 is 0 Å². The third kappa shape index (κ3) is 3.14. The first-order valence-electron chi connectivity index (χ1n) is 7.86. The standard InChI is InChI=1S/C16H24N2O3S/c1-13-10-17-8-4-6-15(17)11-18(13)22(19,20)12-14-5-3-7-16(9-14)21-2/h3,5,7,9,13,15H,4,6,8,10-12H2,1-2H3/t13-,15-/m1/s1. The Morgan fingerprint density at radius 3 is 2.91 bits per heavy atom. The highest BCUT2D eigenvalue weighted by atomic mass is 32.2. The lowest BCUT2D eigenvalue weighted by molar-refractivity contribution is 0.117. The van der Waals surface area contributed by atoms with Crippen LogP contribution < -0.4 is 4.74 Å². The molecule has 0 bridgehead atoms. The monoisotopic (exact) mass is 324 g/mol. The number of hydrogen-bond donors (Lipinski definition) is 0. The maximum absolute atomic E-state index is 12.8. The molecule has 0 saturated carbocycles. The van der Waals surface area contributed by atoms with Crippen molar-refractivity contribution in [2.45, 2.75) is 37.6 Å². The van der Waals surface area contributed by atoms with E-state index in [4.69, 9.17) is 4.74 Å². The summed E-state index contributed by atoms with van der Waals surface area (Å²) in [6.45, 7) is 4.60. The molecule has 1 aromatic rings. The Morgan fingerprint density at radius 1 is 1.32 bits per heavy atom. The number of benzene rings is 1. The van der Waals surface area contributed by atoms with Gasteiger partial charge in [0.05, 0.1) is 12.9 Å². The molecule has 2 saturated heterocycles. The summed E-state index contributed by atoms with van der Waals surface area (Å²) in [7, 11) is -1.71. The zero-order chi connectivity index (χ0) is 15.7. The van der Waals surface area contributed by atoms with Gasteiger partial charge in [0.1, 0.15) is 5.75 Å². The summed E-state index contributed by atoms with van der Waals surface area (Å²) in [5.41, 5.74) is 0.778. The Bertz CT molecular complexity index is 632. The van der Waals surface area contributed by atoms with Crippen molar-refractivity contribution in [2.75, 3.05) is 26.7 Å². The van der Waals surface area contributed by atoms with Crippen molar-refractivity contribution in [3.8, 4) is 5.75 Å². The molecule has 6 heteroatoms. The van der Waals surface area contributed by atoms with Crippen molar-refractivity contribution in [1.29, 1.82) is 0 Å². The Morgan fingerprint density at radius 2 is 2.14 bits per heavy atom. The zero-order valence-electron chi connectivity index (χ0n) is 13.2. The van der Waals surface area contributed by atoms with E-state index in [0.29, 0.717) is 18.3 Å². The normalized spacial score (nSPS) is 26.8. The predicted molar refractivity (Wildman–Crippen MR) is 86.4 cm³/mol. The average Bonchev–Trinajstić information content (AvgIpc) is 2.93. The molecule has 22 heavy (non-hydrogen) atoms. The molecule has 0 aliphatic carbocycles. The third-order valence-electron chi connectivity index (χ3n) is 4.72. The van der Waals surface area contributed by atoms with Crippen LogP contribution in [0.1, 0.15) is 25.3 Å². The van der Waals surface area contributed by atoms with Gasteiger partial charge in [-0.1, -0.05) is 12.1 Å². The molecule has 0 aromatic heterocycles. The molecule has 2 aliphatic heterocycles. The van der Waals surface area contributed by atoms with Gasteiger partial charge in [0.2, 0.25) is 10.0 Å². The molecule has 2 fully saturated rings. The topological polar surface area (TPSA) is 49.9 Å². The summed E-state index contributed by atoms with van der Waals surface area (Å²) in [5.74, 6) is 0.739. The Labute approximate surface area is 132 Å². The van der Waals surface area contributed by atoms with Gasteiger partial charge in [-0.2, -0.15) is 4.31 Å². The molecule has 2 atom stereocenters. The Balaban J connectivity index is 1.76. The minimum atomic E-state index is -3.30. The molecule has 0 spiro atoms. The van der Waals surface area contributed by atoms with Crippen molar-refractivity contribution < 1.29 is 13.2 Å². The van der Waals surface area contributed by atoms with E-state index >= 15 is 0 Å². The number of hydrogen-bond acceptors (Lipinski definition) is 4. The second kappa shape index (κ2) is 6.18. The smallest absolute Gasteiger partial charge is 0.218 e. The average molecular weight is 324 g/mol. The molecule has 122 valence electrons. The molecule has 0 amide bonds. The van der Waals surface area contributed by atoms with Crippen LogP contribution in [0, 0.1) is 0 Å². The van der Waals surface area contributed by atoms with Crippen LogP contribution in [0.3, 0.4) is 0 Å². The predicted octanol–water partition coefficient (Wildman–Crippen LogP) is 1.69. The van der Waals surface area contributed by atoms with Crippen LogP contribution in [0.4, 0.5) is 0 Å². The van der Waals surface area contributed by atoms with E-state index in [0.717, 1.165) is 25.1 Å².